The highest BCUT2D eigenvalue weighted by atomic mass is 35.5. The van der Waals surface area contributed by atoms with Crippen molar-refractivity contribution in [1.82, 2.24) is 10.3 Å². The summed E-state index contributed by atoms with van der Waals surface area (Å²) < 4.78 is 0. The van der Waals surface area contributed by atoms with Crippen LogP contribution >= 0.6 is 23.8 Å². The minimum atomic E-state index is -0.510. The van der Waals surface area contributed by atoms with Gasteiger partial charge in [0.05, 0.1) is 21.7 Å². The molecule has 0 saturated heterocycles. The van der Waals surface area contributed by atoms with Crippen LogP contribution in [0.1, 0.15) is 5.56 Å². The summed E-state index contributed by atoms with van der Waals surface area (Å²) in [5.41, 5.74) is 0.143. The molecule has 96 valence electrons. The number of nitro benzene ring substituents is 1. The summed E-state index contributed by atoms with van der Waals surface area (Å²) in [6.07, 6.45) is 1.31. The molecule has 0 aromatic heterocycles. The van der Waals surface area contributed by atoms with Gasteiger partial charge < -0.3 is 5.32 Å². The Labute approximate surface area is 114 Å². The Morgan fingerprint density at radius 3 is 2.89 bits per heavy atom. The molecule has 0 unspecified atom stereocenters. The van der Waals surface area contributed by atoms with Crippen molar-refractivity contribution < 1.29 is 4.92 Å². The number of nitro groups is 1. The number of rotatable bonds is 3. The lowest BCUT2D eigenvalue weighted by Crippen LogP contribution is -2.30. The topological polar surface area (TPSA) is 70.8 Å². The van der Waals surface area contributed by atoms with Crippen LogP contribution in [0.25, 0.3) is 0 Å². The molecule has 0 amide bonds. The maximum Gasteiger partial charge on any atom is 0.279 e. The van der Waals surface area contributed by atoms with Gasteiger partial charge in [-0.1, -0.05) is 17.7 Å². The summed E-state index contributed by atoms with van der Waals surface area (Å²) in [5, 5.41) is 19.6. The van der Waals surface area contributed by atoms with Crippen molar-refractivity contribution in [3.05, 3.63) is 38.9 Å². The van der Waals surface area contributed by atoms with Gasteiger partial charge >= 0.3 is 0 Å². The van der Waals surface area contributed by atoms with Crippen LogP contribution < -0.4 is 5.32 Å². The van der Waals surface area contributed by atoms with Gasteiger partial charge in [-0.2, -0.15) is 5.10 Å². The van der Waals surface area contributed by atoms with E-state index in [0.29, 0.717) is 5.11 Å². The molecule has 0 aliphatic heterocycles. The highest BCUT2D eigenvalue weighted by molar-refractivity contribution is 7.80. The van der Waals surface area contributed by atoms with Crippen molar-refractivity contribution >= 4 is 40.8 Å². The Bertz CT molecular complexity index is 507. The molecule has 6 nitrogen and oxygen atoms in total. The molecule has 0 aliphatic carbocycles. The van der Waals surface area contributed by atoms with Crippen molar-refractivity contribution in [2.24, 2.45) is 5.10 Å². The normalized spacial score (nSPS) is 10.4. The molecule has 0 heterocycles. The highest BCUT2D eigenvalue weighted by Crippen LogP contribution is 2.24. The van der Waals surface area contributed by atoms with Gasteiger partial charge in [-0.25, -0.2) is 5.01 Å². The first kappa shape index (κ1) is 14.3. The molecule has 1 rings (SSSR count). The van der Waals surface area contributed by atoms with Crippen molar-refractivity contribution in [1.29, 1.82) is 0 Å². The van der Waals surface area contributed by atoms with E-state index >= 15 is 0 Å². The van der Waals surface area contributed by atoms with Crippen LogP contribution in [-0.2, 0) is 0 Å². The third kappa shape index (κ3) is 3.38. The van der Waals surface area contributed by atoms with E-state index < -0.39 is 4.92 Å². The Balaban J connectivity index is 3.07. The molecule has 1 aromatic carbocycles. The van der Waals surface area contributed by atoms with Crippen LogP contribution in [0, 0.1) is 10.1 Å². The lowest BCUT2D eigenvalue weighted by Gasteiger charge is -2.12. The lowest BCUT2D eigenvalue weighted by atomic mass is 10.2. The Morgan fingerprint density at radius 1 is 1.67 bits per heavy atom. The van der Waals surface area contributed by atoms with Crippen molar-refractivity contribution in [3.63, 3.8) is 0 Å². The van der Waals surface area contributed by atoms with Crippen LogP contribution in [0.5, 0.6) is 0 Å². The standard InChI is InChI=1S/C10H11ClN4O2S/c1-12-10(18)14(2)13-6-7-8(11)4-3-5-9(7)15(16)17/h3-6H,1-2H3,(H,12,18)/b13-6-. The fourth-order valence-electron chi connectivity index (χ4n) is 1.17. The van der Waals surface area contributed by atoms with E-state index in [9.17, 15) is 10.1 Å². The molecular formula is C10H11ClN4O2S. The van der Waals surface area contributed by atoms with E-state index in [1.807, 2.05) is 0 Å². The van der Waals surface area contributed by atoms with Crippen LogP contribution in [0.2, 0.25) is 5.02 Å². The zero-order valence-electron chi connectivity index (χ0n) is 9.75. The second-order valence-electron chi connectivity index (χ2n) is 3.25. The zero-order valence-corrected chi connectivity index (χ0v) is 11.3. The fraction of sp³-hybridized carbons (Fsp3) is 0.200. The molecule has 1 N–H and O–H groups in total. The Kier molecular flexibility index (Phi) is 4.99. The van der Waals surface area contributed by atoms with E-state index in [2.05, 4.69) is 10.4 Å². The Morgan fingerprint density at radius 2 is 2.33 bits per heavy atom. The van der Waals surface area contributed by atoms with Gasteiger partial charge in [-0.15, -0.1) is 0 Å². The SMILES string of the molecule is CNC(=S)N(C)/N=C\c1c(Cl)cccc1[N+](=O)[O-]. The molecule has 0 atom stereocenters. The van der Waals surface area contributed by atoms with E-state index in [0.717, 1.165) is 0 Å². The molecule has 0 aliphatic rings. The summed E-state index contributed by atoms with van der Waals surface area (Å²) in [6.45, 7) is 0. The van der Waals surface area contributed by atoms with Crippen LogP contribution in [0.4, 0.5) is 5.69 Å². The molecule has 0 fully saturated rings. The minimum Gasteiger partial charge on any atom is -0.364 e. The number of halogens is 1. The maximum atomic E-state index is 10.8. The fourth-order valence-corrected chi connectivity index (χ4v) is 1.44. The Hall–Kier alpha value is -1.73. The highest BCUT2D eigenvalue weighted by Gasteiger charge is 2.14. The number of nitrogens with zero attached hydrogens (tertiary/aromatic N) is 3. The van der Waals surface area contributed by atoms with E-state index in [4.69, 9.17) is 23.8 Å². The number of benzene rings is 1. The molecular weight excluding hydrogens is 276 g/mol. The predicted octanol–water partition coefficient (Wildman–Crippen LogP) is 2.02. The van der Waals surface area contributed by atoms with Gasteiger partial charge in [0.15, 0.2) is 5.11 Å². The summed E-state index contributed by atoms with van der Waals surface area (Å²) in [5.74, 6) is 0. The second kappa shape index (κ2) is 6.27. The summed E-state index contributed by atoms with van der Waals surface area (Å²) >= 11 is 10.9. The summed E-state index contributed by atoms with van der Waals surface area (Å²) in [7, 11) is 3.28. The van der Waals surface area contributed by atoms with Gasteiger partial charge in [0, 0.05) is 20.2 Å². The van der Waals surface area contributed by atoms with Crippen molar-refractivity contribution in [2.75, 3.05) is 14.1 Å². The summed E-state index contributed by atoms with van der Waals surface area (Å²) in [6, 6.07) is 4.44. The lowest BCUT2D eigenvalue weighted by molar-refractivity contribution is -0.385. The van der Waals surface area contributed by atoms with Crippen molar-refractivity contribution in [3.8, 4) is 0 Å². The number of hydrazone groups is 1. The summed E-state index contributed by atoms with van der Waals surface area (Å²) in [4.78, 5) is 10.3. The molecule has 0 spiro atoms. The van der Waals surface area contributed by atoms with Crippen LogP contribution in [0.3, 0.4) is 0 Å². The molecule has 0 saturated carbocycles. The van der Waals surface area contributed by atoms with Gasteiger partial charge in [0.1, 0.15) is 0 Å². The van der Waals surface area contributed by atoms with E-state index in [1.54, 1.807) is 20.2 Å². The number of hydrogen-bond donors (Lipinski definition) is 1. The van der Waals surface area contributed by atoms with Crippen molar-refractivity contribution in [2.45, 2.75) is 0 Å². The van der Waals surface area contributed by atoms with E-state index in [-0.39, 0.29) is 16.3 Å². The van der Waals surface area contributed by atoms with E-state index in [1.165, 1.54) is 23.4 Å². The number of thiocarbonyl (C=S) groups is 1. The molecule has 0 bridgehead atoms. The zero-order chi connectivity index (χ0) is 13.7. The first-order chi connectivity index (χ1) is 8.47. The average Bonchev–Trinajstić information content (AvgIpc) is 2.35. The minimum absolute atomic E-state index is 0.102. The molecule has 0 radical (unpaired) electrons. The quantitative estimate of drug-likeness (QED) is 0.398. The van der Waals surface area contributed by atoms with Gasteiger partial charge in [-0.05, 0) is 18.3 Å². The van der Waals surface area contributed by atoms with Crippen LogP contribution in [0.15, 0.2) is 23.3 Å². The molecule has 18 heavy (non-hydrogen) atoms. The molecule has 8 heteroatoms. The first-order valence-corrected chi connectivity index (χ1v) is 5.68. The molecule has 1 aromatic rings. The van der Waals surface area contributed by atoms with Gasteiger partial charge in [0.25, 0.3) is 5.69 Å². The third-order valence-corrected chi connectivity index (χ3v) is 2.89. The van der Waals surface area contributed by atoms with Crippen LogP contribution in [-0.4, -0.2) is 35.4 Å². The number of hydrogen-bond acceptors (Lipinski definition) is 4. The maximum absolute atomic E-state index is 10.8. The monoisotopic (exact) mass is 286 g/mol. The predicted molar refractivity (Wildman–Crippen MR) is 75.1 cm³/mol. The second-order valence-corrected chi connectivity index (χ2v) is 4.05. The average molecular weight is 287 g/mol. The largest absolute Gasteiger partial charge is 0.364 e. The third-order valence-electron chi connectivity index (χ3n) is 2.09. The number of nitrogens with one attached hydrogen (secondary N) is 1. The first-order valence-electron chi connectivity index (χ1n) is 4.89. The smallest absolute Gasteiger partial charge is 0.279 e. The van der Waals surface area contributed by atoms with Gasteiger partial charge in [-0.3, -0.25) is 10.1 Å². The van der Waals surface area contributed by atoms with Gasteiger partial charge in [0.2, 0.25) is 0 Å².